The molecule has 0 amide bonds. The highest BCUT2D eigenvalue weighted by atomic mass is 19.1. The van der Waals surface area contributed by atoms with Crippen LogP contribution in [0.15, 0.2) is 18.2 Å². The van der Waals surface area contributed by atoms with E-state index in [1.807, 2.05) is 17.9 Å². The van der Waals surface area contributed by atoms with Crippen molar-refractivity contribution in [1.82, 2.24) is 0 Å². The molecule has 1 unspecified atom stereocenters. The fourth-order valence-corrected chi connectivity index (χ4v) is 2.12. The molecule has 0 aromatic heterocycles. The second kappa shape index (κ2) is 8.09. The van der Waals surface area contributed by atoms with Gasteiger partial charge in [-0.2, -0.15) is 0 Å². The number of para-hydroxylation sites is 1. The Hall–Kier alpha value is -1.17. The Balaban J connectivity index is 3.08. The molecule has 108 valence electrons. The third kappa shape index (κ3) is 4.16. The van der Waals surface area contributed by atoms with Crippen LogP contribution in [0, 0.1) is 5.82 Å². The van der Waals surface area contributed by atoms with Crippen LogP contribution in [0.2, 0.25) is 0 Å². The normalized spacial score (nSPS) is 12.5. The van der Waals surface area contributed by atoms with Gasteiger partial charge in [0.25, 0.3) is 0 Å². The Kier molecular flexibility index (Phi) is 6.77. The third-order valence-corrected chi connectivity index (χ3v) is 3.05. The molecule has 0 aliphatic rings. The second-order valence-corrected chi connectivity index (χ2v) is 4.44. The molecule has 0 saturated carbocycles. The first-order valence-electron chi connectivity index (χ1n) is 6.37. The summed E-state index contributed by atoms with van der Waals surface area (Å²) in [4.78, 5) is 1.95. The fraction of sp³-hybridized carbons (Fsp3) is 0.571. The van der Waals surface area contributed by atoms with Gasteiger partial charge < -0.3 is 20.1 Å². The quantitative estimate of drug-likeness (QED) is 0.782. The first kappa shape index (κ1) is 15.9. The summed E-state index contributed by atoms with van der Waals surface area (Å²) in [5.74, 6) is -0.262. The summed E-state index contributed by atoms with van der Waals surface area (Å²) in [5.41, 5.74) is 7.04. The van der Waals surface area contributed by atoms with Gasteiger partial charge in [-0.05, 0) is 18.6 Å². The summed E-state index contributed by atoms with van der Waals surface area (Å²) in [6, 6.07) is 5.02. The van der Waals surface area contributed by atoms with E-state index in [4.69, 9.17) is 15.2 Å². The van der Waals surface area contributed by atoms with Gasteiger partial charge in [0.05, 0.1) is 18.9 Å². The zero-order chi connectivity index (χ0) is 14.3. The molecule has 0 heterocycles. The number of benzene rings is 1. The van der Waals surface area contributed by atoms with Crippen molar-refractivity contribution in [2.45, 2.75) is 19.5 Å². The number of hydrogen-bond acceptors (Lipinski definition) is 4. The minimum absolute atomic E-state index is 0.0438. The molecule has 1 aromatic carbocycles. The molecule has 4 nitrogen and oxygen atoms in total. The summed E-state index contributed by atoms with van der Waals surface area (Å²) >= 11 is 0. The zero-order valence-electron chi connectivity index (χ0n) is 11.9. The highest BCUT2D eigenvalue weighted by molar-refractivity contribution is 5.55. The molecule has 2 N–H and O–H groups in total. The van der Waals surface area contributed by atoms with Crippen molar-refractivity contribution in [3.8, 4) is 0 Å². The molecule has 1 rings (SSSR count). The molecule has 0 fully saturated rings. The van der Waals surface area contributed by atoms with E-state index in [2.05, 4.69) is 0 Å². The number of halogens is 1. The molecule has 19 heavy (non-hydrogen) atoms. The molecular weight excluding hydrogens is 247 g/mol. The maximum atomic E-state index is 14.1. The van der Waals surface area contributed by atoms with Crippen molar-refractivity contribution in [1.29, 1.82) is 0 Å². The van der Waals surface area contributed by atoms with Crippen LogP contribution in [0.1, 0.15) is 12.5 Å². The highest BCUT2D eigenvalue weighted by Crippen LogP contribution is 2.26. The second-order valence-electron chi connectivity index (χ2n) is 4.44. The van der Waals surface area contributed by atoms with Crippen LogP contribution >= 0.6 is 0 Å². The molecule has 0 aliphatic carbocycles. The lowest BCUT2D eigenvalue weighted by Gasteiger charge is -2.32. The predicted octanol–water partition coefficient (Wildman–Crippen LogP) is 1.77. The maximum absolute atomic E-state index is 14.1. The Bertz CT molecular complexity index is 388. The van der Waals surface area contributed by atoms with Gasteiger partial charge in [-0.1, -0.05) is 12.1 Å². The summed E-state index contributed by atoms with van der Waals surface area (Å²) in [7, 11) is 3.26. The third-order valence-electron chi connectivity index (χ3n) is 3.05. The van der Waals surface area contributed by atoms with Gasteiger partial charge in [0, 0.05) is 33.4 Å². The van der Waals surface area contributed by atoms with E-state index >= 15 is 0 Å². The van der Waals surface area contributed by atoms with Gasteiger partial charge >= 0.3 is 0 Å². The average molecular weight is 270 g/mol. The minimum atomic E-state index is -0.262. The lowest BCUT2D eigenvalue weighted by molar-refractivity contribution is 0.170. The van der Waals surface area contributed by atoms with Crippen LogP contribution in [0.3, 0.4) is 0 Å². The van der Waals surface area contributed by atoms with Crippen LogP contribution < -0.4 is 10.6 Å². The lowest BCUT2D eigenvalue weighted by atomic mass is 10.1. The summed E-state index contributed by atoms with van der Waals surface area (Å²) < 4.78 is 24.4. The van der Waals surface area contributed by atoms with Gasteiger partial charge in [-0.25, -0.2) is 4.39 Å². The molecule has 1 aromatic rings. The van der Waals surface area contributed by atoms with Crippen molar-refractivity contribution < 1.29 is 13.9 Å². The van der Waals surface area contributed by atoms with Crippen molar-refractivity contribution in [2.75, 3.05) is 38.9 Å². The van der Waals surface area contributed by atoms with Crippen molar-refractivity contribution in [3.63, 3.8) is 0 Å². The first-order chi connectivity index (χ1) is 9.15. The van der Waals surface area contributed by atoms with Crippen molar-refractivity contribution in [3.05, 3.63) is 29.6 Å². The van der Waals surface area contributed by atoms with E-state index < -0.39 is 0 Å². The van der Waals surface area contributed by atoms with Gasteiger partial charge in [0.1, 0.15) is 5.82 Å². The van der Waals surface area contributed by atoms with Gasteiger partial charge in [-0.3, -0.25) is 0 Å². The number of anilines is 1. The standard InChI is InChI=1S/C14H23FN2O2/c1-11(10-19-3)17(7-8-18-2)14-12(9-16)5-4-6-13(14)15/h4-6,11H,7-10,16H2,1-3H3. The van der Waals surface area contributed by atoms with Crippen LogP contribution in [0.5, 0.6) is 0 Å². The summed E-state index contributed by atoms with van der Waals surface area (Å²) in [5, 5.41) is 0. The monoisotopic (exact) mass is 270 g/mol. The number of methoxy groups -OCH3 is 2. The molecule has 0 bridgehead atoms. The van der Waals surface area contributed by atoms with Gasteiger partial charge in [-0.15, -0.1) is 0 Å². The highest BCUT2D eigenvalue weighted by Gasteiger charge is 2.20. The van der Waals surface area contributed by atoms with Crippen molar-refractivity contribution in [2.24, 2.45) is 5.73 Å². The average Bonchev–Trinajstić information content (AvgIpc) is 2.40. The van der Waals surface area contributed by atoms with E-state index in [0.717, 1.165) is 5.56 Å². The molecule has 0 spiro atoms. The van der Waals surface area contributed by atoms with E-state index in [9.17, 15) is 4.39 Å². The SMILES string of the molecule is COCCN(c1c(F)cccc1CN)C(C)COC. The maximum Gasteiger partial charge on any atom is 0.146 e. The van der Waals surface area contributed by atoms with Gasteiger partial charge in [0.2, 0.25) is 0 Å². The Morgan fingerprint density at radius 3 is 2.63 bits per heavy atom. The number of nitrogens with two attached hydrogens (primary N) is 1. The van der Waals surface area contributed by atoms with E-state index in [1.54, 1.807) is 20.3 Å². The van der Waals surface area contributed by atoms with Crippen LogP contribution in [0.4, 0.5) is 10.1 Å². The van der Waals surface area contributed by atoms with Gasteiger partial charge in [0.15, 0.2) is 0 Å². The topological polar surface area (TPSA) is 47.7 Å². The van der Waals surface area contributed by atoms with E-state index in [-0.39, 0.29) is 11.9 Å². The van der Waals surface area contributed by atoms with E-state index in [1.165, 1.54) is 6.07 Å². The summed E-state index contributed by atoms with van der Waals surface area (Å²) in [6.45, 7) is 3.92. The minimum Gasteiger partial charge on any atom is -0.383 e. The lowest BCUT2D eigenvalue weighted by Crippen LogP contribution is -2.40. The largest absolute Gasteiger partial charge is 0.383 e. The molecule has 0 aliphatic heterocycles. The molecule has 0 saturated heterocycles. The molecule has 0 radical (unpaired) electrons. The number of nitrogens with zero attached hydrogens (tertiary/aromatic N) is 1. The zero-order valence-corrected chi connectivity index (χ0v) is 11.9. The number of hydrogen-bond donors (Lipinski definition) is 1. The van der Waals surface area contributed by atoms with Crippen molar-refractivity contribution >= 4 is 5.69 Å². The van der Waals surface area contributed by atoms with Crippen LogP contribution in [0.25, 0.3) is 0 Å². The Labute approximate surface area is 114 Å². The molecular formula is C14H23FN2O2. The number of ether oxygens (including phenoxy) is 2. The van der Waals surface area contributed by atoms with Crippen LogP contribution in [-0.4, -0.2) is 40.0 Å². The molecule has 5 heteroatoms. The summed E-state index contributed by atoms with van der Waals surface area (Å²) in [6.07, 6.45) is 0. The Morgan fingerprint density at radius 1 is 1.32 bits per heavy atom. The first-order valence-corrected chi connectivity index (χ1v) is 6.37. The smallest absolute Gasteiger partial charge is 0.146 e. The number of rotatable bonds is 8. The van der Waals surface area contributed by atoms with E-state index in [0.29, 0.717) is 32.0 Å². The molecule has 1 atom stereocenters. The predicted molar refractivity (Wildman–Crippen MR) is 74.9 cm³/mol. The van der Waals surface area contributed by atoms with Crippen LogP contribution in [-0.2, 0) is 16.0 Å². The fourth-order valence-electron chi connectivity index (χ4n) is 2.12. The Morgan fingerprint density at radius 2 is 2.05 bits per heavy atom.